The lowest BCUT2D eigenvalue weighted by Gasteiger charge is -2.39. The fourth-order valence-electron chi connectivity index (χ4n) is 3.17. The summed E-state index contributed by atoms with van der Waals surface area (Å²) >= 11 is 0.542. The molecule has 5 atom stereocenters. The normalized spacial score (nSPS) is 26.5. The van der Waals surface area contributed by atoms with Crippen LogP contribution >= 0.6 is 11.8 Å². The third-order valence-electron chi connectivity index (χ3n) is 4.61. The molecule has 0 aliphatic carbocycles. The zero-order valence-corrected chi connectivity index (χ0v) is 19.3. The lowest BCUT2D eigenvalue weighted by molar-refractivity contribution is -0.205. The summed E-state index contributed by atoms with van der Waals surface area (Å²) in [6.07, 6.45) is -5.49. The van der Waals surface area contributed by atoms with Crippen LogP contribution in [0.1, 0.15) is 5.56 Å². The molecule has 0 saturated carbocycles. The van der Waals surface area contributed by atoms with Crippen molar-refractivity contribution in [2.45, 2.75) is 36.3 Å². The van der Waals surface area contributed by atoms with Gasteiger partial charge in [0.25, 0.3) is 0 Å². The number of aromatic nitrogens is 1. The van der Waals surface area contributed by atoms with E-state index >= 15 is 0 Å². The molecular formula is C16H20N2O13S3. The van der Waals surface area contributed by atoms with E-state index in [1.807, 2.05) is 0 Å². The molecule has 0 radical (unpaired) electrons. The second-order valence-electron chi connectivity index (χ2n) is 6.98. The van der Waals surface area contributed by atoms with Gasteiger partial charge in [0, 0.05) is 11.8 Å². The van der Waals surface area contributed by atoms with Gasteiger partial charge in [-0.05, 0) is 11.6 Å². The number of para-hydroxylation sites is 1. The van der Waals surface area contributed by atoms with E-state index in [9.17, 15) is 37.3 Å². The Morgan fingerprint density at radius 3 is 2.35 bits per heavy atom. The second-order valence-corrected chi connectivity index (χ2v) is 10.2. The van der Waals surface area contributed by atoms with Crippen LogP contribution in [0.3, 0.4) is 0 Å². The Hall–Kier alpha value is -2.00. The number of hydrogen-bond donors (Lipinski definition) is 6. The molecule has 2 aromatic rings. The predicted molar refractivity (Wildman–Crippen MR) is 115 cm³/mol. The van der Waals surface area contributed by atoms with E-state index in [1.54, 1.807) is 18.2 Å². The Labute approximate surface area is 197 Å². The Morgan fingerprint density at radius 2 is 1.74 bits per heavy atom. The number of aliphatic hydroxyl groups is 4. The summed E-state index contributed by atoms with van der Waals surface area (Å²) in [6, 6.07) is 6.16. The van der Waals surface area contributed by atoms with Gasteiger partial charge >= 0.3 is 20.8 Å². The highest BCUT2D eigenvalue weighted by molar-refractivity contribution is 8.14. The van der Waals surface area contributed by atoms with E-state index in [2.05, 4.69) is 13.7 Å². The van der Waals surface area contributed by atoms with Crippen LogP contribution in [0.4, 0.5) is 0 Å². The van der Waals surface area contributed by atoms with Gasteiger partial charge in [0.15, 0.2) is 0 Å². The number of thioether (sulfide) groups is 1. The van der Waals surface area contributed by atoms with E-state index in [-0.39, 0.29) is 22.5 Å². The van der Waals surface area contributed by atoms with Gasteiger partial charge in [-0.2, -0.15) is 21.6 Å². The largest absolute Gasteiger partial charge is 0.466 e. The van der Waals surface area contributed by atoms with E-state index in [4.69, 9.17) is 13.8 Å². The number of fused-ring (bicyclic) bond motifs is 1. The predicted octanol–water partition coefficient (Wildman–Crippen LogP) is -1.92. The van der Waals surface area contributed by atoms with Crippen LogP contribution in [-0.4, -0.2) is 92.6 Å². The first-order valence-corrected chi connectivity index (χ1v) is 12.9. The van der Waals surface area contributed by atoms with Crippen molar-refractivity contribution < 1.29 is 59.7 Å². The van der Waals surface area contributed by atoms with Crippen LogP contribution in [0.25, 0.3) is 10.9 Å². The van der Waals surface area contributed by atoms with E-state index < -0.39 is 57.3 Å². The van der Waals surface area contributed by atoms with Crippen LogP contribution in [0.2, 0.25) is 0 Å². The fraction of sp³-hybridized carbons (Fsp3) is 0.438. The molecule has 1 aromatic carbocycles. The third-order valence-corrected chi connectivity index (χ3v) is 6.34. The molecule has 0 unspecified atom stereocenters. The van der Waals surface area contributed by atoms with Crippen molar-refractivity contribution in [3.8, 4) is 0 Å². The molecule has 34 heavy (non-hydrogen) atoms. The molecule has 1 aliphatic heterocycles. The van der Waals surface area contributed by atoms with Gasteiger partial charge in [0.1, 0.15) is 34.9 Å². The molecule has 0 bridgehead atoms. The maximum Gasteiger partial charge on any atom is 0.466 e. The number of benzene rings is 1. The second kappa shape index (κ2) is 10.3. The lowest BCUT2D eigenvalue weighted by Crippen LogP contribution is -2.57. The summed E-state index contributed by atoms with van der Waals surface area (Å²) in [5.41, 5.74) is -0.904. The number of nitrogens with zero attached hydrogens (tertiary/aromatic N) is 2. The van der Waals surface area contributed by atoms with Crippen LogP contribution in [0, 0.1) is 0 Å². The summed E-state index contributed by atoms with van der Waals surface area (Å²) in [6.45, 7) is -0.712. The first-order valence-electron chi connectivity index (χ1n) is 9.25. The molecule has 1 saturated heterocycles. The molecule has 2 heterocycles. The number of hydrogen-bond acceptors (Lipinski definition) is 13. The number of oxime groups is 1. The molecule has 15 nitrogen and oxygen atoms in total. The Kier molecular flexibility index (Phi) is 8.07. The summed E-state index contributed by atoms with van der Waals surface area (Å²) in [5.74, 6) is 0. The molecule has 3 rings (SSSR count). The molecule has 18 heteroatoms. The van der Waals surface area contributed by atoms with Crippen LogP contribution in [0.15, 0.2) is 35.6 Å². The van der Waals surface area contributed by atoms with E-state index in [0.29, 0.717) is 17.1 Å². The zero-order chi connectivity index (χ0) is 25.3. The van der Waals surface area contributed by atoms with Crippen molar-refractivity contribution in [1.29, 1.82) is 0 Å². The highest BCUT2D eigenvalue weighted by Gasteiger charge is 2.44. The smallest absolute Gasteiger partial charge is 0.394 e. The van der Waals surface area contributed by atoms with Gasteiger partial charge in [-0.1, -0.05) is 35.1 Å². The Balaban J connectivity index is 1.96. The summed E-state index contributed by atoms with van der Waals surface area (Å²) in [7, 11) is -9.94. The maximum atomic E-state index is 11.2. The lowest BCUT2D eigenvalue weighted by atomic mass is 10.0. The summed E-state index contributed by atoms with van der Waals surface area (Å²) < 4.78 is 76.9. The van der Waals surface area contributed by atoms with E-state index in [0.717, 1.165) is 10.9 Å². The monoisotopic (exact) mass is 544 g/mol. The molecule has 1 aromatic heterocycles. The minimum atomic E-state index is -5.04. The highest BCUT2D eigenvalue weighted by Crippen LogP contribution is 2.31. The van der Waals surface area contributed by atoms with Crippen molar-refractivity contribution in [2.24, 2.45) is 5.16 Å². The molecule has 0 amide bonds. The highest BCUT2D eigenvalue weighted by atomic mass is 32.3. The van der Waals surface area contributed by atoms with Crippen molar-refractivity contribution >= 4 is 48.5 Å². The third kappa shape index (κ3) is 6.56. The van der Waals surface area contributed by atoms with Gasteiger partial charge in [-0.15, -0.1) is 0 Å². The first-order chi connectivity index (χ1) is 15.8. The van der Waals surface area contributed by atoms with Crippen LogP contribution in [0.5, 0.6) is 0 Å². The van der Waals surface area contributed by atoms with Crippen molar-refractivity contribution in [1.82, 2.24) is 4.73 Å². The van der Waals surface area contributed by atoms with Crippen LogP contribution in [-0.2, 0) is 36.2 Å². The minimum Gasteiger partial charge on any atom is -0.394 e. The molecule has 6 N–H and O–H groups in total. The number of aliphatic hydroxyl groups excluding tert-OH is 4. The Bertz CT molecular complexity index is 1260. The van der Waals surface area contributed by atoms with Crippen molar-refractivity contribution in [2.75, 3.05) is 6.61 Å². The maximum absolute atomic E-state index is 11.2. The van der Waals surface area contributed by atoms with Crippen LogP contribution < -0.4 is 4.28 Å². The van der Waals surface area contributed by atoms with Gasteiger partial charge in [-0.3, -0.25) is 13.4 Å². The van der Waals surface area contributed by atoms with Gasteiger partial charge in [-0.25, -0.2) is 4.28 Å². The SMILES string of the molecule is O=S(=O)(O)O/N=C(/Cc1cn(OS(=O)(=O)O)c2ccccc12)S[C@H]1O[C@@H](CO)[C@H](O)[C@H](O)[C@H]1O. The summed E-state index contributed by atoms with van der Waals surface area (Å²) in [5, 5.41) is 42.9. The van der Waals surface area contributed by atoms with Gasteiger partial charge < -0.3 is 25.2 Å². The average molecular weight is 545 g/mol. The molecule has 0 spiro atoms. The quantitative estimate of drug-likeness (QED) is 0.0920. The number of rotatable bonds is 8. The minimum absolute atomic E-state index is 0.197. The molecule has 1 fully saturated rings. The molecular weight excluding hydrogens is 524 g/mol. The fourth-order valence-corrected chi connectivity index (χ4v) is 4.81. The molecule has 190 valence electrons. The summed E-state index contributed by atoms with van der Waals surface area (Å²) in [4.78, 5) is 0. The zero-order valence-electron chi connectivity index (χ0n) is 16.8. The Morgan fingerprint density at radius 1 is 1.06 bits per heavy atom. The topological polar surface area (TPSA) is 235 Å². The standard InChI is InChI=1S/C16H20N2O13S3/c19-7-11-13(20)14(21)15(22)16(29-11)32-12(17-30-33(23,24)25)5-8-6-18(31-34(26,27)28)10-4-2-1-3-9(8)10/h1-4,6,11,13-16,19-22H,5,7H2,(H,23,24,25)(H,26,27,28)/b17-12-/t11-,13-,14-,15+,16+/m0/s1. The average Bonchev–Trinajstić information content (AvgIpc) is 3.07. The van der Waals surface area contributed by atoms with Crippen molar-refractivity contribution in [3.63, 3.8) is 0 Å². The first kappa shape index (κ1) is 26.6. The van der Waals surface area contributed by atoms with Gasteiger partial charge in [0.05, 0.1) is 18.3 Å². The number of ether oxygens (including phenoxy) is 1. The van der Waals surface area contributed by atoms with Gasteiger partial charge in [0.2, 0.25) is 0 Å². The molecule has 1 aliphatic rings. The van der Waals surface area contributed by atoms with E-state index in [1.165, 1.54) is 6.07 Å². The van der Waals surface area contributed by atoms with Crippen molar-refractivity contribution in [3.05, 3.63) is 36.0 Å².